The number of carbonyl (C=O) groups excluding carboxylic acids is 1. The molecule has 4 rings (SSSR count). The third-order valence-electron chi connectivity index (χ3n) is 5.64. The van der Waals surface area contributed by atoms with Gasteiger partial charge in [-0.25, -0.2) is 18.4 Å². The third-order valence-corrected chi connectivity index (χ3v) is 8.51. The summed E-state index contributed by atoms with van der Waals surface area (Å²) < 4.78 is 26.8. The number of benzene rings is 1. The van der Waals surface area contributed by atoms with Gasteiger partial charge < -0.3 is 20.6 Å². The summed E-state index contributed by atoms with van der Waals surface area (Å²) in [5, 5.41) is 16.8. The number of piperidine rings is 1. The number of anilines is 2. The number of hydrogen-bond donors (Lipinski definition) is 4. The molecule has 0 aliphatic carbocycles. The van der Waals surface area contributed by atoms with Crippen LogP contribution in [0.3, 0.4) is 0 Å². The average molecular weight is 531 g/mol. The summed E-state index contributed by atoms with van der Waals surface area (Å²) in [6.45, 7) is 1.24. The fourth-order valence-corrected chi connectivity index (χ4v) is 6.05. The first-order valence-electron chi connectivity index (χ1n) is 11.3. The number of carboxylic acids is 1. The van der Waals surface area contributed by atoms with Crippen LogP contribution in [0.2, 0.25) is 0 Å². The van der Waals surface area contributed by atoms with Crippen LogP contribution in [0.15, 0.2) is 64.4 Å². The predicted molar refractivity (Wildman–Crippen MR) is 136 cm³/mol. The fourth-order valence-electron chi connectivity index (χ4n) is 3.85. The van der Waals surface area contributed by atoms with Crippen LogP contribution in [0, 0.1) is 0 Å². The second-order valence-electron chi connectivity index (χ2n) is 8.20. The lowest BCUT2D eigenvalue weighted by molar-refractivity contribution is -0.138. The summed E-state index contributed by atoms with van der Waals surface area (Å²) in [5.41, 5.74) is 1.30. The molecule has 1 amide bonds. The quantitative estimate of drug-likeness (QED) is 0.307. The predicted octanol–water partition coefficient (Wildman–Crippen LogP) is 1.78. The minimum Gasteiger partial charge on any atom is -0.480 e. The highest BCUT2D eigenvalue weighted by molar-refractivity contribution is 7.91. The van der Waals surface area contributed by atoms with Gasteiger partial charge in [-0.3, -0.25) is 9.59 Å². The second-order valence-corrected chi connectivity index (χ2v) is 11.1. The van der Waals surface area contributed by atoms with Gasteiger partial charge in [0.05, 0.1) is 0 Å². The first kappa shape index (κ1) is 25.5. The van der Waals surface area contributed by atoms with Gasteiger partial charge >= 0.3 is 5.97 Å². The maximum absolute atomic E-state index is 12.6. The Morgan fingerprint density at radius 2 is 1.89 bits per heavy atom. The molecule has 4 N–H and O–H groups in total. The molecule has 1 fully saturated rings. The number of aromatic nitrogens is 2. The van der Waals surface area contributed by atoms with Gasteiger partial charge in [0, 0.05) is 49.3 Å². The molecule has 13 heteroatoms. The van der Waals surface area contributed by atoms with E-state index in [0.717, 1.165) is 43.0 Å². The summed E-state index contributed by atoms with van der Waals surface area (Å²) in [5.74, 6) is -1.30. The van der Waals surface area contributed by atoms with Crippen LogP contribution in [0.1, 0.15) is 23.2 Å². The van der Waals surface area contributed by atoms with Crippen molar-refractivity contribution in [1.82, 2.24) is 20.0 Å². The molecule has 1 aromatic carbocycles. The molecule has 3 aromatic rings. The molecule has 190 valence electrons. The van der Waals surface area contributed by atoms with Crippen LogP contribution in [-0.4, -0.2) is 67.1 Å². The molecular weight excluding hydrogens is 504 g/mol. The number of rotatable bonds is 10. The van der Waals surface area contributed by atoms with Gasteiger partial charge in [0.1, 0.15) is 10.3 Å². The molecule has 0 spiro atoms. The fraction of sp³-hybridized carbons (Fsp3) is 0.304. The SMILES string of the molecule is O=C(NC[C@H](NS(=O)(=O)c1cccs1)C(=O)O)c1ccc(N2CCC[C@H](Nc3ncccn3)C2)cc1. The highest BCUT2D eigenvalue weighted by Gasteiger charge is 2.27. The molecule has 3 heterocycles. The smallest absolute Gasteiger partial charge is 0.323 e. The molecule has 11 nitrogen and oxygen atoms in total. The van der Waals surface area contributed by atoms with Crippen LogP contribution in [0.5, 0.6) is 0 Å². The highest BCUT2D eigenvalue weighted by atomic mass is 32.2. The van der Waals surface area contributed by atoms with E-state index in [9.17, 15) is 23.1 Å². The van der Waals surface area contributed by atoms with Gasteiger partial charge in [0.25, 0.3) is 15.9 Å². The van der Waals surface area contributed by atoms with E-state index in [1.807, 2.05) is 12.1 Å². The largest absolute Gasteiger partial charge is 0.480 e. The van der Waals surface area contributed by atoms with Gasteiger partial charge in [0.2, 0.25) is 5.95 Å². The van der Waals surface area contributed by atoms with E-state index < -0.39 is 34.5 Å². The molecule has 36 heavy (non-hydrogen) atoms. The van der Waals surface area contributed by atoms with E-state index in [1.54, 1.807) is 42.0 Å². The van der Waals surface area contributed by atoms with Crippen LogP contribution >= 0.6 is 11.3 Å². The summed E-state index contributed by atoms with van der Waals surface area (Å²) in [6.07, 6.45) is 5.37. The number of nitrogens with one attached hydrogen (secondary N) is 3. The number of amides is 1. The highest BCUT2D eigenvalue weighted by Crippen LogP contribution is 2.22. The maximum atomic E-state index is 12.6. The van der Waals surface area contributed by atoms with Crippen LogP contribution in [-0.2, 0) is 14.8 Å². The van der Waals surface area contributed by atoms with Crippen molar-refractivity contribution in [2.24, 2.45) is 0 Å². The van der Waals surface area contributed by atoms with Gasteiger partial charge in [-0.2, -0.15) is 4.72 Å². The maximum Gasteiger partial charge on any atom is 0.323 e. The number of carboxylic acid groups (broad SMARTS) is 1. The van der Waals surface area contributed by atoms with Crippen molar-refractivity contribution >= 4 is 44.9 Å². The van der Waals surface area contributed by atoms with E-state index in [1.165, 1.54) is 6.07 Å². The Labute approximate surface area is 212 Å². The summed E-state index contributed by atoms with van der Waals surface area (Å²) in [4.78, 5) is 34.8. The molecule has 0 radical (unpaired) electrons. The van der Waals surface area contributed by atoms with E-state index >= 15 is 0 Å². The molecule has 0 bridgehead atoms. The zero-order chi connectivity index (χ0) is 25.5. The molecule has 1 aliphatic heterocycles. The van der Waals surface area contributed by atoms with Gasteiger partial charge in [-0.05, 0) is 54.6 Å². The lowest BCUT2D eigenvalue weighted by atomic mass is 10.0. The van der Waals surface area contributed by atoms with Crippen LogP contribution < -0.4 is 20.3 Å². The molecule has 2 atom stereocenters. The van der Waals surface area contributed by atoms with Gasteiger partial charge in [-0.1, -0.05) is 6.07 Å². The van der Waals surface area contributed by atoms with Crippen molar-refractivity contribution in [1.29, 1.82) is 0 Å². The van der Waals surface area contributed by atoms with E-state index in [-0.39, 0.29) is 10.3 Å². The van der Waals surface area contributed by atoms with Crippen LogP contribution in [0.4, 0.5) is 11.6 Å². The molecular formula is C23H26N6O5S2. The molecule has 2 aromatic heterocycles. The Bertz CT molecular complexity index is 1270. The third kappa shape index (κ3) is 6.56. The van der Waals surface area contributed by atoms with E-state index in [4.69, 9.17) is 0 Å². The lowest BCUT2D eigenvalue weighted by Gasteiger charge is -2.34. The normalized spacial score (nSPS) is 16.8. The van der Waals surface area contributed by atoms with Crippen molar-refractivity contribution in [2.45, 2.75) is 29.1 Å². The topological polar surface area (TPSA) is 154 Å². The van der Waals surface area contributed by atoms with Gasteiger partial charge in [0.15, 0.2) is 0 Å². The number of aliphatic carboxylic acids is 1. The number of carbonyl (C=O) groups is 2. The minimum absolute atomic E-state index is 0.00196. The van der Waals surface area contributed by atoms with Crippen molar-refractivity contribution in [3.63, 3.8) is 0 Å². The molecule has 0 saturated carbocycles. The first-order valence-corrected chi connectivity index (χ1v) is 13.6. The Balaban J connectivity index is 1.33. The van der Waals surface area contributed by atoms with E-state index in [2.05, 4.69) is 30.2 Å². The molecule has 0 unspecified atom stereocenters. The zero-order valence-electron chi connectivity index (χ0n) is 19.2. The number of hydrogen-bond acceptors (Lipinski definition) is 9. The minimum atomic E-state index is -4.00. The second kappa shape index (κ2) is 11.5. The standard InChI is InChI=1S/C23H26N6O5S2/c30-21(26-14-19(22(31)32)28-36(33,34)20-5-2-13-35-20)16-6-8-18(9-7-16)29-12-1-4-17(15-29)27-23-24-10-3-11-25-23/h2-3,5-11,13,17,19,28H,1,4,12,14-15H2,(H,26,30)(H,31,32)(H,24,25,27)/t17-,19-/m0/s1. The van der Waals surface area contributed by atoms with Crippen LogP contribution in [0.25, 0.3) is 0 Å². The summed E-state index contributed by atoms with van der Waals surface area (Å²) in [6, 6.07) is 10.4. The van der Waals surface area contributed by atoms with E-state index in [0.29, 0.717) is 11.5 Å². The average Bonchev–Trinajstić information content (AvgIpc) is 3.43. The Hall–Kier alpha value is -3.55. The first-order chi connectivity index (χ1) is 17.3. The Kier molecular flexibility index (Phi) is 8.13. The van der Waals surface area contributed by atoms with Crippen molar-refractivity contribution < 1.29 is 23.1 Å². The number of nitrogens with zero attached hydrogens (tertiary/aromatic N) is 3. The summed E-state index contributed by atoms with van der Waals surface area (Å²) in [7, 11) is -4.00. The monoisotopic (exact) mass is 530 g/mol. The van der Waals surface area contributed by atoms with Crippen molar-refractivity contribution in [3.8, 4) is 0 Å². The molecule has 1 aliphatic rings. The lowest BCUT2D eigenvalue weighted by Crippen LogP contribution is -2.48. The Morgan fingerprint density at radius 1 is 1.14 bits per heavy atom. The van der Waals surface area contributed by atoms with Crippen molar-refractivity contribution in [3.05, 3.63) is 65.8 Å². The van der Waals surface area contributed by atoms with Crippen molar-refractivity contribution in [2.75, 3.05) is 29.9 Å². The van der Waals surface area contributed by atoms with Gasteiger partial charge in [-0.15, -0.1) is 11.3 Å². The number of thiophene rings is 1. The molecule has 1 saturated heterocycles. The zero-order valence-corrected chi connectivity index (χ0v) is 20.8. The Morgan fingerprint density at radius 3 is 2.56 bits per heavy atom. The number of sulfonamides is 1. The summed E-state index contributed by atoms with van der Waals surface area (Å²) >= 11 is 0.973.